The fourth-order valence-corrected chi connectivity index (χ4v) is 3.60. The Labute approximate surface area is 99.4 Å². The lowest BCUT2D eigenvalue weighted by Crippen LogP contribution is -2.47. The lowest BCUT2D eigenvalue weighted by atomic mass is 9.80. The van der Waals surface area contributed by atoms with Gasteiger partial charge < -0.3 is 4.79 Å². The van der Waals surface area contributed by atoms with Gasteiger partial charge in [0.1, 0.15) is 6.29 Å². The second-order valence-electron chi connectivity index (χ2n) is 5.55. The summed E-state index contributed by atoms with van der Waals surface area (Å²) in [5, 5.41) is 0. The molecule has 0 radical (unpaired) electrons. The molecule has 2 rings (SSSR count). The van der Waals surface area contributed by atoms with Crippen LogP contribution in [0.4, 0.5) is 0 Å². The molecule has 0 aromatic rings. The smallest absolute Gasteiger partial charge is 0.124 e. The van der Waals surface area contributed by atoms with Gasteiger partial charge >= 0.3 is 0 Å². The van der Waals surface area contributed by atoms with E-state index in [4.69, 9.17) is 0 Å². The molecule has 0 spiro atoms. The first-order chi connectivity index (χ1) is 7.85. The molecule has 2 aliphatic rings. The first-order valence-electron chi connectivity index (χ1n) is 7.04. The Morgan fingerprint density at radius 1 is 1.19 bits per heavy atom. The van der Waals surface area contributed by atoms with Crippen molar-refractivity contribution in [2.75, 3.05) is 13.1 Å². The number of nitrogens with zero attached hydrogens (tertiary/aromatic N) is 1. The summed E-state index contributed by atoms with van der Waals surface area (Å²) < 4.78 is 0. The molecule has 0 aromatic carbocycles. The summed E-state index contributed by atoms with van der Waals surface area (Å²) in [6, 6.07) is 0.779. The molecule has 1 saturated carbocycles. The highest BCUT2D eigenvalue weighted by molar-refractivity contribution is 5.53. The monoisotopic (exact) mass is 223 g/mol. The molecule has 0 bridgehead atoms. The van der Waals surface area contributed by atoms with E-state index in [0.29, 0.717) is 5.92 Å². The Kier molecular flexibility index (Phi) is 4.39. The van der Waals surface area contributed by atoms with Crippen LogP contribution in [-0.4, -0.2) is 30.3 Å². The normalized spacial score (nSPS) is 37.2. The van der Waals surface area contributed by atoms with Gasteiger partial charge in [0.2, 0.25) is 0 Å². The van der Waals surface area contributed by atoms with Crippen LogP contribution in [0.5, 0.6) is 0 Å². The van der Waals surface area contributed by atoms with Gasteiger partial charge in [-0.05, 0) is 38.1 Å². The van der Waals surface area contributed by atoms with Gasteiger partial charge in [-0.15, -0.1) is 0 Å². The maximum absolute atomic E-state index is 10.9. The number of hydrogen-bond acceptors (Lipinski definition) is 2. The molecule has 2 heteroatoms. The van der Waals surface area contributed by atoms with Crippen molar-refractivity contribution in [1.29, 1.82) is 0 Å². The maximum Gasteiger partial charge on any atom is 0.124 e. The molecule has 2 nitrogen and oxygen atoms in total. The van der Waals surface area contributed by atoms with Gasteiger partial charge in [0.15, 0.2) is 0 Å². The predicted octanol–water partition coefficient (Wildman–Crippen LogP) is 2.87. The highest BCUT2D eigenvalue weighted by Crippen LogP contribution is 2.32. The molecular formula is C14H25NO. The zero-order chi connectivity index (χ0) is 11.4. The topological polar surface area (TPSA) is 20.3 Å². The summed E-state index contributed by atoms with van der Waals surface area (Å²) in [6.45, 7) is 4.58. The van der Waals surface area contributed by atoms with E-state index < -0.39 is 0 Å². The van der Waals surface area contributed by atoms with Crippen molar-refractivity contribution < 1.29 is 4.79 Å². The Morgan fingerprint density at radius 2 is 2.00 bits per heavy atom. The fourth-order valence-electron chi connectivity index (χ4n) is 3.60. The molecule has 1 aliphatic heterocycles. The summed E-state index contributed by atoms with van der Waals surface area (Å²) in [6.07, 6.45) is 10.4. The lowest BCUT2D eigenvalue weighted by Gasteiger charge is -2.43. The van der Waals surface area contributed by atoms with Crippen molar-refractivity contribution in [1.82, 2.24) is 4.90 Å². The van der Waals surface area contributed by atoms with Crippen molar-refractivity contribution >= 4 is 6.29 Å². The number of hydrogen-bond donors (Lipinski definition) is 0. The summed E-state index contributed by atoms with van der Waals surface area (Å²) in [5.74, 6) is 1.20. The minimum absolute atomic E-state index is 0.313. The number of rotatable bonds is 3. The van der Waals surface area contributed by atoms with Crippen molar-refractivity contribution in [3.8, 4) is 0 Å². The quantitative estimate of drug-likeness (QED) is 0.686. The molecule has 1 aliphatic carbocycles. The third-order valence-corrected chi connectivity index (χ3v) is 4.54. The van der Waals surface area contributed by atoms with E-state index in [1.807, 2.05) is 0 Å². The molecule has 2 fully saturated rings. The van der Waals surface area contributed by atoms with E-state index in [-0.39, 0.29) is 0 Å². The van der Waals surface area contributed by atoms with Gasteiger partial charge in [-0.2, -0.15) is 0 Å². The minimum Gasteiger partial charge on any atom is -0.303 e. The first-order valence-corrected chi connectivity index (χ1v) is 7.04. The summed E-state index contributed by atoms with van der Waals surface area (Å²) in [5.41, 5.74) is 0. The average molecular weight is 223 g/mol. The van der Waals surface area contributed by atoms with Gasteiger partial charge in [-0.1, -0.05) is 26.2 Å². The summed E-state index contributed by atoms with van der Waals surface area (Å²) >= 11 is 0. The highest BCUT2D eigenvalue weighted by atomic mass is 16.1. The molecule has 3 unspecified atom stereocenters. The van der Waals surface area contributed by atoms with Crippen LogP contribution in [0.15, 0.2) is 0 Å². The predicted molar refractivity (Wildman–Crippen MR) is 66.4 cm³/mol. The molecule has 16 heavy (non-hydrogen) atoms. The SMILES string of the molecule is CCC1CCCCC1N1CCCC(C=O)C1. The van der Waals surface area contributed by atoms with Crippen LogP contribution >= 0.6 is 0 Å². The third kappa shape index (κ3) is 2.65. The van der Waals surface area contributed by atoms with Crippen LogP contribution in [-0.2, 0) is 4.79 Å². The Bertz CT molecular complexity index is 229. The van der Waals surface area contributed by atoms with Crippen LogP contribution in [0.1, 0.15) is 51.9 Å². The van der Waals surface area contributed by atoms with Crippen LogP contribution in [0.3, 0.4) is 0 Å². The van der Waals surface area contributed by atoms with Gasteiger partial charge in [0.25, 0.3) is 0 Å². The summed E-state index contributed by atoms with van der Waals surface area (Å²) in [7, 11) is 0. The molecule has 0 amide bonds. The van der Waals surface area contributed by atoms with Crippen molar-refractivity contribution in [3.05, 3.63) is 0 Å². The summed E-state index contributed by atoms with van der Waals surface area (Å²) in [4.78, 5) is 13.5. The molecule has 3 atom stereocenters. The Hall–Kier alpha value is -0.370. The number of aldehydes is 1. The Morgan fingerprint density at radius 3 is 2.75 bits per heavy atom. The van der Waals surface area contributed by atoms with Crippen molar-refractivity contribution in [3.63, 3.8) is 0 Å². The first kappa shape index (κ1) is 12.1. The molecular weight excluding hydrogens is 198 g/mol. The maximum atomic E-state index is 10.9. The molecule has 1 saturated heterocycles. The lowest BCUT2D eigenvalue weighted by molar-refractivity contribution is -0.113. The van der Waals surface area contributed by atoms with Gasteiger partial charge in [0, 0.05) is 18.5 Å². The van der Waals surface area contributed by atoms with Gasteiger partial charge in [-0.25, -0.2) is 0 Å². The van der Waals surface area contributed by atoms with Crippen LogP contribution < -0.4 is 0 Å². The zero-order valence-electron chi connectivity index (χ0n) is 10.5. The largest absolute Gasteiger partial charge is 0.303 e. The van der Waals surface area contributed by atoms with Crippen LogP contribution in [0.2, 0.25) is 0 Å². The van der Waals surface area contributed by atoms with E-state index in [0.717, 1.165) is 24.9 Å². The van der Waals surface area contributed by atoms with E-state index in [9.17, 15) is 4.79 Å². The molecule has 1 heterocycles. The van der Waals surface area contributed by atoms with E-state index in [1.165, 1.54) is 51.4 Å². The molecule has 0 aromatic heterocycles. The Balaban J connectivity index is 1.95. The van der Waals surface area contributed by atoms with E-state index >= 15 is 0 Å². The zero-order valence-corrected chi connectivity index (χ0v) is 10.5. The number of carbonyl (C=O) groups is 1. The average Bonchev–Trinajstić information content (AvgIpc) is 2.38. The second-order valence-corrected chi connectivity index (χ2v) is 5.55. The van der Waals surface area contributed by atoms with Crippen LogP contribution in [0.25, 0.3) is 0 Å². The number of piperidine rings is 1. The molecule has 0 N–H and O–H groups in total. The number of likely N-dealkylation sites (tertiary alicyclic amines) is 1. The highest BCUT2D eigenvalue weighted by Gasteiger charge is 2.31. The minimum atomic E-state index is 0.313. The van der Waals surface area contributed by atoms with E-state index in [1.54, 1.807) is 0 Å². The van der Waals surface area contributed by atoms with Gasteiger partial charge in [0.05, 0.1) is 0 Å². The van der Waals surface area contributed by atoms with Crippen molar-refractivity contribution in [2.45, 2.75) is 57.9 Å². The van der Waals surface area contributed by atoms with E-state index in [2.05, 4.69) is 11.8 Å². The fraction of sp³-hybridized carbons (Fsp3) is 0.929. The standard InChI is InChI=1S/C14H25NO/c1-2-13-7-3-4-8-14(13)15-9-5-6-12(10-15)11-16/h11-14H,2-10H2,1H3. The second kappa shape index (κ2) is 5.81. The number of carbonyl (C=O) groups excluding carboxylic acids is 1. The van der Waals surface area contributed by atoms with Crippen LogP contribution in [0, 0.1) is 11.8 Å². The third-order valence-electron chi connectivity index (χ3n) is 4.54. The van der Waals surface area contributed by atoms with Crippen molar-refractivity contribution in [2.24, 2.45) is 11.8 Å². The molecule has 92 valence electrons. The van der Waals surface area contributed by atoms with Gasteiger partial charge in [-0.3, -0.25) is 4.90 Å².